The number of hydrogen-bond acceptors (Lipinski definition) is 6. The monoisotopic (exact) mass is 315 g/mol. The lowest BCUT2D eigenvalue weighted by atomic mass is 10.4. The molecule has 0 amide bonds. The highest BCUT2D eigenvalue weighted by atomic mass is 79.9. The average molecular weight is 316 g/mol. The molecule has 2 rings (SSSR count). The summed E-state index contributed by atoms with van der Waals surface area (Å²) >= 11 is 4.48. The molecule has 2 aromatic rings. The molecule has 0 aromatic carbocycles. The Labute approximate surface area is 111 Å². The molecule has 5 nitrogen and oxygen atoms in total. The summed E-state index contributed by atoms with van der Waals surface area (Å²) < 4.78 is 15.4. The standard InChI is InChI=1S/C10H10BrN3O2S/c1-15-5-4-9-13-10(17-14-9)16-7-2-3-8(11)12-6-7/h2-3,6H,4-5H2,1H3. The maximum atomic E-state index is 5.51. The molecule has 0 N–H and O–H groups in total. The smallest absolute Gasteiger partial charge is 0.298 e. The molecule has 0 spiro atoms. The Morgan fingerprint density at radius 2 is 2.29 bits per heavy atom. The molecule has 17 heavy (non-hydrogen) atoms. The molecule has 0 unspecified atom stereocenters. The Morgan fingerprint density at radius 1 is 1.41 bits per heavy atom. The van der Waals surface area contributed by atoms with Crippen molar-refractivity contribution in [3.8, 4) is 10.9 Å². The highest BCUT2D eigenvalue weighted by Gasteiger charge is 2.06. The van der Waals surface area contributed by atoms with Crippen LogP contribution in [0, 0.1) is 0 Å². The maximum Gasteiger partial charge on any atom is 0.298 e. The van der Waals surface area contributed by atoms with E-state index in [4.69, 9.17) is 9.47 Å². The van der Waals surface area contributed by atoms with Gasteiger partial charge in [-0.3, -0.25) is 0 Å². The quantitative estimate of drug-likeness (QED) is 0.794. The van der Waals surface area contributed by atoms with Crippen LogP contribution in [0.25, 0.3) is 0 Å². The number of pyridine rings is 1. The fourth-order valence-electron chi connectivity index (χ4n) is 1.10. The molecule has 7 heteroatoms. The van der Waals surface area contributed by atoms with Crippen LogP contribution in [-0.4, -0.2) is 28.1 Å². The number of methoxy groups -OCH3 is 1. The largest absolute Gasteiger partial charge is 0.428 e. The average Bonchev–Trinajstić information content (AvgIpc) is 2.77. The summed E-state index contributed by atoms with van der Waals surface area (Å²) in [6, 6.07) is 3.62. The van der Waals surface area contributed by atoms with Crippen molar-refractivity contribution in [3.05, 3.63) is 28.8 Å². The van der Waals surface area contributed by atoms with Crippen LogP contribution in [0.1, 0.15) is 5.82 Å². The molecule has 2 heterocycles. The number of rotatable bonds is 5. The van der Waals surface area contributed by atoms with Crippen molar-refractivity contribution < 1.29 is 9.47 Å². The lowest BCUT2D eigenvalue weighted by Gasteiger charge is -1.99. The van der Waals surface area contributed by atoms with Gasteiger partial charge >= 0.3 is 0 Å². The molecule has 0 aliphatic carbocycles. The third kappa shape index (κ3) is 3.72. The Hall–Kier alpha value is -1.05. The van der Waals surface area contributed by atoms with Gasteiger partial charge in [-0.2, -0.15) is 9.36 Å². The molecule has 0 aliphatic heterocycles. The second kappa shape index (κ2) is 6.04. The van der Waals surface area contributed by atoms with Gasteiger partial charge in [0.25, 0.3) is 5.19 Å². The van der Waals surface area contributed by atoms with Crippen molar-refractivity contribution in [2.75, 3.05) is 13.7 Å². The zero-order valence-corrected chi connectivity index (χ0v) is 11.5. The van der Waals surface area contributed by atoms with Gasteiger partial charge in [-0.15, -0.1) is 0 Å². The van der Waals surface area contributed by atoms with Gasteiger partial charge in [-0.05, 0) is 28.1 Å². The van der Waals surface area contributed by atoms with Crippen LogP contribution < -0.4 is 4.74 Å². The Kier molecular flexibility index (Phi) is 4.41. The molecule has 0 fully saturated rings. The summed E-state index contributed by atoms with van der Waals surface area (Å²) in [6.07, 6.45) is 2.31. The number of aromatic nitrogens is 3. The Bertz CT molecular complexity index is 475. The molecule has 0 saturated carbocycles. The fraction of sp³-hybridized carbons (Fsp3) is 0.300. The third-order valence-corrected chi connectivity index (χ3v) is 2.99. The van der Waals surface area contributed by atoms with Gasteiger partial charge in [0.2, 0.25) is 0 Å². The normalized spacial score (nSPS) is 10.5. The first-order valence-electron chi connectivity index (χ1n) is 4.89. The van der Waals surface area contributed by atoms with Crippen molar-refractivity contribution in [2.45, 2.75) is 6.42 Å². The van der Waals surface area contributed by atoms with E-state index in [9.17, 15) is 0 Å². The highest BCUT2D eigenvalue weighted by Crippen LogP contribution is 2.23. The molecule has 0 bridgehead atoms. The molecule has 0 atom stereocenters. The highest BCUT2D eigenvalue weighted by molar-refractivity contribution is 9.10. The van der Waals surface area contributed by atoms with Crippen LogP contribution in [0.5, 0.6) is 10.9 Å². The zero-order valence-electron chi connectivity index (χ0n) is 9.09. The molecule has 2 aromatic heterocycles. The maximum absolute atomic E-state index is 5.51. The summed E-state index contributed by atoms with van der Waals surface area (Å²) in [6.45, 7) is 0.607. The predicted molar refractivity (Wildman–Crippen MR) is 67.5 cm³/mol. The molecule has 0 radical (unpaired) electrons. The fourth-order valence-corrected chi connectivity index (χ4v) is 1.93. The molecule has 0 aliphatic rings. The second-order valence-corrected chi connectivity index (χ2v) is 4.66. The SMILES string of the molecule is COCCc1nsc(Oc2ccc(Br)nc2)n1. The van der Waals surface area contributed by atoms with Gasteiger partial charge in [0.1, 0.15) is 16.2 Å². The topological polar surface area (TPSA) is 57.1 Å². The van der Waals surface area contributed by atoms with Crippen molar-refractivity contribution in [1.29, 1.82) is 0 Å². The number of nitrogens with zero attached hydrogens (tertiary/aromatic N) is 3. The van der Waals surface area contributed by atoms with Crippen LogP contribution in [-0.2, 0) is 11.2 Å². The minimum atomic E-state index is 0.514. The van der Waals surface area contributed by atoms with Crippen molar-refractivity contribution in [3.63, 3.8) is 0 Å². The minimum Gasteiger partial charge on any atom is -0.428 e. The summed E-state index contributed by atoms with van der Waals surface area (Å²) in [4.78, 5) is 8.29. The first kappa shape index (κ1) is 12.4. The summed E-state index contributed by atoms with van der Waals surface area (Å²) in [5, 5.41) is 0.514. The number of halogens is 1. The van der Waals surface area contributed by atoms with Gasteiger partial charge in [0, 0.05) is 25.1 Å². The summed E-state index contributed by atoms with van der Waals surface area (Å²) in [5.74, 6) is 1.37. The van der Waals surface area contributed by atoms with Crippen LogP contribution in [0.4, 0.5) is 0 Å². The molecular formula is C10H10BrN3O2S. The number of hydrogen-bond donors (Lipinski definition) is 0. The zero-order chi connectivity index (χ0) is 12.1. The molecular weight excluding hydrogens is 306 g/mol. The van der Waals surface area contributed by atoms with Gasteiger partial charge in [-0.1, -0.05) is 0 Å². The lowest BCUT2D eigenvalue weighted by molar-refractivity contribution is 0.200. The minimum absolute atomic E-state index is 0.514. The van der Waals surface area contributed by atoms with Crippen molar-refractivity contribution >= 4 is 27.5 Å². The van der Waals surface area contributed by atoms with E-state index in [2.05, 4.69) is 30.3 Å². The van der Waals surface area contributed by atoms with E-state index in [1.54, 1.807) is 13.3 Å². The van der Waals surface area contributed by atoms with Crippen LogP contribution in [0.3, 0.4) is 0 Å². The Balaban J connectivity index is 1.98. The van der Waals surface area contributed by atoms with Crippen LogP contribution in [0.2, 0.25) is 0 Å². The lowest BCUT2D eigenvalue weighted by Crippen LogP contribution is -1.96. The van der Waals surface area contributed by atoms with E-state index >= 15 is 0 Å². The van der Waals surface area contributed by atoms with Gasteiger partial charge < -0.3 is 9.47 Å². The van der Waals surface area contributed by atoms with E-state index in [1.807, 2.05) is 12.1 Å². The predicted octanol–water partition coefficient (Wildman–Crippen LogP) is 2.68. The Morgan fingerprint density at radius 3 is 3.00 bits per heavy atom. The van der Waals surface area contributed by atoms with E-state index in [-0.39, 0.29) is 0 Å². The number of ether oxygens (including phenoxy) is 2. The van der Waals surface area contributed by atoms with E-state index in [0.29, 0.717) is 24.0 Å². The van der Waals surface area contributed by atoms with E-state index in [0.717, 1.165) is 10.4 Å². The van der Waals surface area contributed by atoms with Crippen LogP contribution in [0.15, 0.2) is 22.9 Å². The first-order valence-corrected chi connectivity index (χ1v) is 6.45. The van der Waals surface area contributed by atoms with Gasteiger partial charge in [0.15, 0.2) is 0 Å². The van der Waals surface area contributed by atoms with E-state index in [1.165, 1.54) is 11.5 Å². The third-order valence-electron chi connectivity index (χ3n) is 1.88. The van der Waals surface area contributed by atoms with Crippen LogP contribution >= 0.6 is 27.5 Å². The van der Waals surface area contributed by atoms with E-state index < -0.39 is 0 Å². The van der Waals surface area contributed by atoms with Crippen molar-refractivity contribution in [2.24, 2.45) is 0 Å². The molecule has 90 valence electrons. The second-order valence-electron chi connectivity index (χ2n) is 3.14. The summed E-state index contributed by atoms with van der Waals surface area (Å²) in [7, 11) is 1.65. The van der Waals surface area contributed by atoms with Gasteiger partial charge in [0.05, 0.1) is 12.8 Å². The molecule has 0 saturated heterocycles. The summed E-state index contributed by atoms with van der Waals surface area (Å²) in [5.41, 5.74) is 0. The van der Waals surface area contributed by atoms with Crippen molar-refractivity contribution in [1.82, 2.24) is 14.3 Å². The first-order chi connectivity index (χ1) is 8.28. The van der Waals surface area contributed by atoms with Gasteiger partial charge in [-0.25, -0.2) is 4.98 Å².